The molecule has 0 aromatic heterocycles. The lowest BCUT2D eigenvalue weighted by atomic mass is 9.97. The van der Waals surface area contributed by atoms with E-state index in [4.69, 9.17) is 5.11 Å². The summed E-state index contributed by atoms with van der Waals surface area (Å²) in [5, 5.41) is 9.08. The van der Waals surface area contributed by atoms with Crippen LogP contribution in [0.25, 0.3) is 0 Å². The van der Waals surface area contributed by atoms with Crippen molar-refractivity contribution in [3.8, 4) is 0 Å². The maximum Gasteiger partial charge on any atom is 0.412 e. The highest BCUT2D eigenvalue weighted by atomic mass is 16.4. The van der Waals surface area contributed by atoms with Gasteiger partial charge in [-0.2, -0.15) is 0 Å². The average molecular weight is 191 g/mol. The predicted molar refractivity (Wildman–Crippen MR) is 54.7 cm³/mol. The molecule has 0 spiro atoms. The molecule has 0 fully saturated rings. The zero-order valence-electron chi connectivity index (χ0n) is 8.10. The number of carbonyl (C=O) groups is 1. The number of anilines is 1. The van der Waals surface area contributed by atoms with Crippen LogP contribution in [0.5, 0.6) is 0 Å². The number of nitrogens with zero attached hydrogens (tertiary/aromatic N) is 1. The lowest BCUT2D eigenvalue weighted by molar-refractivity contribution is 0.198. The quantitative estimate of drug-likeness (QED) is 0.684. The minimum Gasteiger partial charge on any atom is -0.465 e. The summed E-state index contributed by atoms with van der Waals surface area (Å²) in [7, 11) is 0. The van der Waals surface area contributed by atoms with Gasteiger partial charge in [-0.25, -0.2) is 4.79 Å². The third-order valence-corrected chi connectivity index (χ3v) is 2.73. The molecule has 3 heteroatoms. The number of hydrogen-bond donors (Lipinski definition) is 1. The minimum absolute atomic E-state index is 0.0856. The summed E-state index contributed by atoms with van der Waals surface area (Å²) in [6.45, 7) is 1.95. The van der Waals surface area contributed by atoms with Gasteiger partial charge in [0, 0.05) is 6.04 Å². The minimum atomic E-state index is -0.857. The molecule has 1 aliphatic heterocycles. The van der Waals surface area contributed by atoms with E-state index in [0.29, 0.717) is 0 Å². The van der Waals surface area contributed by atoms with Gasteiger partial charge in [-0.05, 0) is 31.4 Å². The number of aryl methyl sites for hydroxylation is 1. The van der Waals surface area contributed by atoms with Crippen molar-refractivity contribution in [2.45, 2.75) is 25.8 Å². The Labute approximate surface area is 83.0 Å². The van der Waals surface area contributed by atoms with Crippen molar-refractivity contribution in [2.75, 3.05) is 4.90 Å². The van der Waals surface area contributed by atoms with E-state index >= 15 is 0 Å². The van der Waals surface area contributed by atoms with Crippen LogP contribution in [0.4, 0.5) is 10.5 Å². The summed E-state index contributed by atoms with van der Waals surface area (Å²) in [5.41, 5.74) is 1.98. The summed E-state index contributed by atoms with van der Waals surface area (Å²) in [4.78, 5) is 12.5. The second-order valence-electron chi connectivity index (χ2n) is 3.67. The van der Waals surface area contributed by atoms with E-state index in [2.05, 4.69) is 0 Å². The van der Waals surface area contributed by atoms with Crippen molar-refractivity contribution in [3.05, 3.63) is 29.8 Å². The number of carboxylic acid groups (broad SMARTS) is 1. The van der Waals surface area contributed by atoms with Gasteiger partial charge in [-0.1, -0.05) is 18.2 Å². The summed E-state index contributed by atoms with van der Waals surface area (Å²) in [6.07, 6.45) is 1.02. The van der Waals surface area contributed by atoms with E-state index in [1.807, 2.05) is 31.2 Å². The van der Waals surface area contributed by atoms with E-state index in [1.165, 1.54) is 4.90 Å². The highest BCUT2D eigenvalue weighted by Gasteiger charge is 2.27. The fraction of sp³-hybridized carbons (Fsp3) is 0.364. The van der Waals surface area contributed by atoms with Crippen LogP contribution in [-0.4, -0.2) is 17.2 Å². The van der Waals surface area contributed by atoms with Crippen LogP contribution in [0.1, 0.15) is 18.9 Å². The Hall–Kier alpha value is -1.51. The number of benzene rings is 1. The van der Waals surface area contributed by atoms with Gasteiger partial charge in [0.1, 0.15) is 0 Å². The van der Waals surface area contributed by atoms with Crippen LogP contribution < -0.4 is 4.90 Å². The first-order chi connectivity index (χ1) is 6.70. The van der Waals surface area contributed by atoms with Gasteiger partial charge < -0.3 is 5.11 Å². The van der Waals surface area contributed by atoms with Gasteiger partial charge in [0.2, 0.25) is 0 Å². The fourth-order valence-electron chi connectivity index (χ4n) is 1.98. The highest BCUT2D eigenvalue weighted by molar-refractivity contribution is 5.88. The van der Waals surface area contributed by atoms with E-state index in [0.717, 1.165) is 24.1 Å². The maximum atomic E-state index is 11.1. The normalized spacial score (nSPS) is 20.4. The Morgan fingerprint density at radius 1 is 1.50 bits per heavy atom. The number of rotatable bonds is 0. The molecule has 1 aromatic rings. The molecule has 0 saturated carbocycles. The molecule has 14 heavy (non-hydrogen) atoms. The van der Waals surface area contributed by atoms with Crippen LogP contribution >= 0.6 is 0 Å². The fourth-order valence-corrected chi connectivity index (χ4v) is 1.98. The van der Waals surface area contributed by atoms with Gasteiger partial charge in [-0.3, -0.25) is 4.90 Å². The molecule has 0 saturated heterocycles. The lowest BCUT2D eigenvalue weighted by Crippen LogP contribution is -2.41. The van der Waals surface area contributed by atoms with Gasteiger partial charge in [0.25, 0.3) is 0 Å². The number of para-hydroxylation sites is 1. The second kappa shape index (κ2) is 3.33. The van der Waals surface area contributed by atoms with E-state index in [9.17, 15) is 4.79 Å². The lowest BCUT2D eigenvalue weighted by Gasteiger charge is -2.32. The molecule has 0 radical (unpaired) electrons. The maximum absolute atomic E-state index is 11.1. The molecule has 3 nitrogen and oxygen atoms in total. The standard InChI is InChI=1S/C11H13NO2/c1-8-6-7-9-4-2-3-5-10(9)12(8)11(13)14/h2-5,8H,6-7H2,1H3,(H,13,14). The van der Waals surface area contributed by atoms with Crippen LogP contribution in [-0.2, 0) is 6.42 Å². The Morgan fingerprint density at radius 3 is 2.93 bits per heavy atom. The summed E-state index contributed by atoms with van der Waals surface area (Å²) in [6, 6.07) is 7.79. The van der Waals surface area contributed by atoms with E-state index in [-0.39, 0.29) is 6.04 Å². The zero-order chi connectivity index (χ0) is 10.1. The first-order valence-corrected chi connectivity index (χ1v) is 4.80. The first-order valence-electron chi connectivity index (χ1n) is 4.80. The molecule has 0 bridgehead atoms. The SMILES string of the molecule is CC1CCc2ccccc2N1C(=O)O. The van der Waals surface area contributed by atoms with E-state index < -0.39 is 6.09 Å². The molecule has 1 N–H and O–H groups in total. The molecule has 1 amide bonds. The predicted octanol–water partition coefficient (Wildman–Crippen LogP) is 2.51. The van der Waals surface area contributed by atoms with Crippen LogP contribution in [0, 0.1) is 0 Å². The molecule has 1 heterocycles. The van der Waals surface area contributed by atoms with Crippen molar-refractivity contribution >= 4 is 11.8 Å². The molecule has 74 valence electrons. The zero-order valence-corrected chi connectivity index (χ0v) is 8.10. The summed E-state index contributed by atoms with van der Waals surface area (Å²) < 4.78 is 0. The smallest absolute Gasteiger partial charge is 0.412 e. The van der Waals surface area contributed by atoms with E-state index in [1.54, 1.807) is 0 Å². The molecule has 1 aromatic carbocycles. The van der Waals surface area contributed by atoms with Crippen molar-refractivity contribution in [3.63, 3.8) is 0 Å². The second-order valence-corrected chi connectivity index (χ2v) is 3.67. The molecular formula is C11H13NO2. The third-order valence-electron chi connectivity index (χ3n) is 2.73. The summed E-state index contributed by atoms with van der Waals surface area (Å²) in [5.74, 6) is 0. The molecule has 1 atom stereocenters. The van der Waals surface area contributed by atoms with Gasteiger partial charge >= 0.3 is 6.09 Å². The number of amides is 1. The Morgan fingerprint density at radius 2 is 2.21 bits per heavy atom. The molecular weight excluding hydrogens is 178 g/mol. The topological polar surface area (TPSA) is 40.5 Å². The van der Waals surface area contributed by atoms with Gasteiger partial charge in [-0.15, -0.1) is 0 Å². The van der Waals surface area contributed by atoms with Crippen LogP contribution in [0.2, 0.25) is 0 Å². The molecule has 1 aliphatic rings. The number of hydrogen-bond acceptors (Lipinski definition) is 1. The first kappa shape index (κ1) is 9.06. The molecule has 2 rings (SSSR count). The van der Waals surface area contributed by atoms with Crippen LogP contribution in [0.3, 0.4) is 0 Å². The largest absolute Gasteiger partial charge is 0.465 e. The van der Waals surface area contributed by atoms with Gasteiger partial charge in [0.05, 0.1) is 5.69 Å². The molecule has 0 aliphatic carbocycles. The third kappa shape index (κ3) is 1.35. The summed E-state index contributed by atoms with van der Waals surface area (Å²) >= 11 is 0. The van der Waals surface area contributed by atoms with Crippen molar-refractivity contribution in [1.82, 2.24) is 0 Å². The Balaban J connectivity index is 2.46. The monoisotopic (exact) mass is 191 g/mol. The van der Waals surface area contributed by atoms with Crippen molar-refractivity contribution < 1.29 is 9.90 Å². The Bertz CT molecular complexity index is 362. The van der Waals surface area contributed by atoms with Gasteiger partial charge in [0.15, 0.2) is 0 Å². The average Bonchev–Trinajstić information content (AvgIpc) is 2.17. The Kier molecular flexibility index (Phi) is 2.15. The van der Waals surface area contributed by atoms with Crippen LogP contribution in [0.15, 0.2) is 24.3 Å². The van der Waals surface area contributed by atoms with Crippen molar-refractivity contribution in [1.29, 1.82) is 0 Å². The van der Waals surface area contributed by atoms with Crippen molar-refractivity contribution in [2.24, 2.45) is 0 Å². The highest BCUT2D eigenvalue weighted by Crippen LogP contribution is 2.30. The molecule has 1 unspecified atom stereocenters. The number of fused-ring (bicyclic) bond motifs is 1.